The van der Waals surface area contributed by atoms with Crippen LogP contribution in [-0.2, 0) is 0 Å². The summed E-state index contributed by atoms with van der Waals surface area (Å²) in [4.78, 5) is 4.99. The van der Waals surface area contributed by atoms with Crippen molar-refractivity contribution in [2.24, 2.45) is 17.1 Å². The molecule has 1 heterocycles. The first-order chi connectivity index (χ1) is 18.3. The largest absolute Gasteiger partial charge is 0.401 e. The molecule has 0 bridgehead atoms. The number of rotatable bonds is 13. The fourth-order valence-electron chi connectivity index (χ4n) is 6.30. The number of nitrogens with two attached hydrogens (primary N) is 1. The quantitative estimate of drug-likeness (QED) is 0.289. The lowest BCUT2D eigenvalue weighted by Crippen LogP contribution is -2.44. The van der Waals surface area contributed by atoms with Crippen LogP contribution in [-0.4, -0.2) is 48.6 Å². The van der Waals surface area contributed by atoms with E-state index in [4.69, 9.17) is 5.73 Å². The molecule has 38 heavy (non-hydrogen) atoms. The zero-order valence-electron chi connectivity index (χ0n) is 24.1. The Morgan fingerprint density at radius 2 is 1.63 bits per heavy atom. The van der Waals surface area contributed by atoms with Crippen LogP contribution in [0.15, 0.2) is 67.4 Å². The van der Waals surface area contributed by atoms with Crippen LogP contribution in [0.2, 0.25) is 0 Å². The molecule has 1 unspecified atom stereocenters. The van der Waals surface area contributed by atoms with Crippen LogP contribution in [0.4, 0.5) is 5.69 Å². The van der Waals surface area contributed by atoms with Crippen molar-refractivity contribution in [1.82, 2.24) is 9.80 Å². The molecule has 4 rings (SSSR count). The molecule has 2 aromatic carbocycles. The third-order valence-electron chi connectivity index (χ3n) is 8.96. The molecule has 2 aromatic rings. The molecule has 0 amide bonds. The average molecular weight is 515 g/mol. The van der Waals surface area contributed by atoms with E-state index in [0.29, 0.717) is 11.1 Å². The van der Waals surface area contributed by atoms with Crippen molar-refractivity contribution in [2.75, 3.05) is 38.0 Å². The molecule has 206 valence electrons. The summed E-state index contributed by atoms with van der Waals surface area (Å²) in [7, 11) is 0. The Labute approximate surface area is 232 Å². The molecule has 1 aliphatic heterocycles. The Morgan fingerprint density at radius 1 is 1.03 bits per heavy atom. The zero-order valence-corrected chi connectivity index (χ0v) is 24.1. The summed E-state index contributed by atoms with van der Waals surface area (Å²) in [6.07, 6.45) is 8.95. The highest BCUT2D eigenvalue weighted by molar-refractivity contribution is 5.70. The van der Waals surface area contributed by atoms with E-state index >= 15 is 0 Å². The Morgan fingerprint density at radius 3 is 2.13 bits per heavy atom. The first kappa shape index (κ1) is 28.3. The number of likely N-dealkylation sites (tertiary alicyclic amines) is 1. The van der Waals surface area contributed by atoms with Crippen LogP contribution in [0.25, 0.3) is 16.8 Å². The van der Waals surface area contributed by atoms with Crippen LogP contribution >= 0.6 is 0 Å². The second kappa shape index (κ2) is 12.9. The average Bonchev–Trinajstić information content (AvgIpc) is 2.92. The van der Waals surface area contributed by atoms with Crippen LogP contribution in [0.1, 0.15) is 71.3 Å². The molecule has 1 aliphatic carbocycles. The lowest BCUT2D eigenvalue weighted by atomic mass is 9.70. The Kier molecular flexibility index (Phi) is 9.59. The number of nitrogens with one attached hydrogen (secondary N) is 1. The Bertz CT molecular complexity index is 1040. The van der Waals surface area contributed by atoms with E-state index in [0.717, 1.165) is 43.1 Å². The molecule has 4 nitrogen and oxygen atoms in total. The first-order valence-corrected chi connectivity index (χ1v) is 14.9. The molecule has 1 saturated carbocycles. The van der Waals surface area contributed by atoms with Gasteiger partial charge in [-0.25, -0.2) is 0 Å². The number of likely N-dealkylation sites (N-methyl/N-ethyl adjacent to an activating group) is 1. The molecular weight excluding hydrogens is 464 g/mol. The van der Waals surface area contributed by atoms with E-state index in [1.54, 1.807) is 0 Å². The minimum atomic E-state index is 0.126. The van der Waals surface area contributed by atoms with Gasteiger partial charge in [0.15, 0.2) is 0 Å². The van der Waals surface area contributed by atoms with Crippen LogP contribution in [0.5, 0.6) is 0 Å². The van der Waals surface area contributed by atoms with Crippen molar-refractivity contribution in [2.45, 2.75) is 71.8 Å². The Balaban J connectivity index is 1.28. The third kappa shape index (κ3) is 7.02. The maximum Gasteiger partial charge on any atom is 0.0680 e. The van der Waals surface area contributed by atoms with Gasteiger partial charge < -0.3 is 20.9 Å². The van der Waals surface area contributed by atoms with E-state index in [9.17, 15) is 0 Å². The van der Waals surface area contributed by atoms with E-state index in [1.807, 2.05) is 0 Å². The van der Waals surface area contributed by atoms with Crippen LogP contribution < -0.4 is 11.1 Å². The van der Waals surface area contributed by atoms with Gasteiger partial charge in [-0.05, 0) is 92.3 Å². The summed E-state index contributed by atoms with van der Waals surface area (Å²) < 4.78 is 0. The van der Waals surface area contributed by atoms with E-state index < -0.39 is 0 Å². The van der Waals surface area contributed by atoms with Gasteiger partial charge in [-0.15, -0.1) is 0 Å². The third-order valence-corrected chi connectivity index (χ3v) is 8.96. The molecule has 1 saturated heterocycles. The van der Waals surface area contributed by atoms with Crippen LogP contribution in [0.3, 0.4) is 0 Å². The fraction of sp³-hybridized carbons (Fsp3) is 0.529. The predicted octanol–water partition coefficient (Wildman–Crippen LogP) is 7.60. The monoisotopic (exact) mass is 514 g/mol. The van der Waals surface area contributed by atoms with Gasteiger partial charge in [-0.1, -0.05) is 76.2 Å². The number of anilines is 1. The minimum absolute atomic E-state index is 0.126. The van der Waals surface area contributed by atoms with Crippen molar-refractivity contribution in [3.8, 4) is 11.1 Å². The van der Waals surface area contributed by atoms with Crippen molar-refractivity contribution in [3.05, 3.63) is 72.9 Å². The van der Waals surface area contributed by atoms with Gasteiger partial charge >= 0.3 is 0 Å². The van der Waals surface area contributed by atoms with E-state index in [1.165, 1.54) is 68.6 Å². The van der Waals surface area contributed by atoms with Gasteiger partial charge in [0, 0.05) is 36.7 Å². The number of hydrogen-bond donors (Lipinski definition) is 2. The standard InChI is InChI=1S/C34H50N4/c1-6-9-33(26(3)35)38(7-2)27(4)29-10-12-30(13-11-29)31-14-16-32(17-15-31)36-24-28-18-22-37(23-19-28)25-34(5)20-8-21-34/h10-17,28,33,36H,3-4,6-9,18-25,35H2,1-2,5H3. The molecule has 0 aromatic heterocycles. The second-order valence-corrected chi connectivity index (χ2v) is 12.0. The summed E-state index contributed by atoms with van der Waals surface area (Å²) in [5, 5.41) is 3.70. The molecule has 4 heteroatoms. The number of nitrogens with zero attached hydrogens (tertiary/aromatic N) is 2. The second-order valence-electron chi connectivity index (χ2n) is 12.0. The molecular formula is C34H50N4. The van der Waals surface area contributed by atoms with Crippen molar-refractivity contribution < 1.29 is 0 Å². The van der Waals surface area contributed by atoms with Gasteiger partial charge in [0.05, 0.1) is 6.04 Å². The van der Waals surface area contributed by atoms with Gasteiger partial charge in [-0.3, -0.25) is 0 Å². The summed E-state index contributed by atoms with van der Waals surface area (Å²) in [5.41, 5.74) is 13.3. The van der Waals surface area contributed by atoms with Gasteiger partial charge in [0.25, 0.3) is 0 Å². The smallest absolute Gasteiger partial charge is 0.0680 e. The van der Waals surface area contributed by atoms with Gasteiger partial charge in [-0.2, -0.15) is 0 Å². The van der Waals surface area contributed by atoms with Gasteiger partial charge in [0.1, 0.15) is 0 Å². The molecule has 1 atom stereocenters. The van der Waals surface area contributed by atoms with Crippen molar-refractivity contribution in [1.29, 1.82) is 0 Å². The van der Waals surface area contributed by atoms with Crippen LogP contribution in [0, 0.1) is 11.3 Å². The topological polar surface area (TPSA) is 44.5 Å². The molecule has 3 N–H and O–H groups in total. The van der Waals surface area contributed by atoms with Crippen molar-refractivity contribution in [3.63, 3.8) is 0 Å². The van der Waals surface area contributed by atoms with Gasteiger partial charge in [0.2, 0.25) is 0 Å². The summed E-state index contributed by atoms with van der Waals surface area (Å²) in [6, 6.07) is 17.7. The fourth-order valence-corrected chi connectivity index (χ4v) is 6.30. The number of benzene rings is 2. The maximum atomic E-state index is 6.14. The molecule has 2 aliphatic rings. The molecule has 0 radical (unpaired) electrons. The lowest BCUT2D eigenvalue weighted by molar-refractivity contribution is 0.0651. The first-order valence-electron chi connectivity index (χ1n) is 14.9. The summed E-state index contributed by atoms with van der Waals surface area (Å²) >= 11 is 0. The summed E-state index contributed by atoms with van der Waals surface area (Å²) in [5.74, 6) is 0.775. The minimum Gasteiger partial charge on any atom is -0.401 e. The number of hydrogen-bond acceptors (Lipinski definition) is 4. The lowest BCUT2D eigenvalue weighted by Gasteiger charge is -2.44. The highest BCUT2D eigenvalue weighted by Crippen LogP contribution is 2.41. The zero-order chi connectivity index (χ0) is 27.1. The Hall–Kier alpha value is -2.72. The highest BCUT2D eigenvalue weighted by atomic mass is 15.2. The molecule has 0 spiro atoms. The number of piperidine rings is 1. The highest BCUT2D eigenvalue weighted by Gasteiger charge is 2.34. The SMILES string of the molecule is C=C(N)C(CCC)N(CC)C(=C)c1ccc(-c2ccc(NCC3CCN(CC4(C)CCC4)CC3)cc2)cc1. The van der Waals surface area contributed by atoms with E-state index in [-0.39, 0.29) is 6.04 Å². The van der Waals surface area contributed by atoms with Crippen molar-refractivity contribution >= 4 is 11.4 Å². The molecule has 2 fully saturated rings. The summed E-state index contributed by atoms with van der Waals surface area (Å²) in [6.45, 7) is 21.0. The normalized spacial score (nSPS) is 18.4. The predicted molar refractivity (Wildman–Crippen MR) is 165 cm³/mol. The maximum absolute atomic E-state index is 6.14. The van der Waals surface area contributed by atoms with E-state index in [2.05, 4.69) is 97.6 Å².